The lowest BCUT2D eigenvalue weighted by Crippen LogP contribution is -2.42. The largest absolute Gasteiger partial charge is 0.391 e. The molecule has 0 bridgehead atoms. The predicted octanol–water partition coefficient (Wildman–Crippen LogP) is 2.01. The van der Waals surface area contributed by atoms with Crippen LogP contribution in [0.25, 0.3) is 0 Å². The van der Waals surface area contributed by atoms with Crippen molar-refractivity contribution >= 4 is 17.5 Å². The van der Waals surface area contributed by atoms with Crippen LogP contribution in [0.3, 0.4) is 0 Å². The van der Waals surface area contributed by atoms with Crippen molar-refractivity contribution in [1.82, 2.24) is 4.90 Å². The summed E-state index contributed by atoms with van der Waals surface area (Å²) in [4.78, 5) is 25.6. The third-order valence-electron chi connectivity index (χ3n) is 4.24. The van der Waals surface area contributed by atoms with Crippen molar-refractivity contribution in [1.29, 1.82) is 0 Å². The third kappa shape index (κ3) is 4.29. The molecular weight excluding hydrogens is 328 g/mol. The van der Waals surface area contributed by atoms with Crippen LogP contribution in [0.5, 0.6) is 0 Å². The lowest BCUT2D eigenvalue weighted by Gasteiger charge is -2.22. The Kier molecular flexibility index (Phi) is 5.35. The van der Waals surface area contributed by atoms with Crippen LogP contribution < -0.4 is 5.32 Å². The van der Waals surface area contributed by atoms with Crippen LogP contribution in [0.15, 0.2) is 54.6 Å². The van der Waals surface area contributed by atoms with Crippen molar-refractivity contribution in [2.75, 3.05) is 11.9 Å². The van der Waals surface area contributed by atoms with Gasteiger partial charge in [0.25, 0.3) is 0 Å². The molecule has 5 heteroatoms. The summed E-state index contributed by atoms with van der Waals surface area (Å²) in [6.07, 6.45) is -0.420. The lowest BCUT2D eigenvalue weighted by atomic mass is 10.1. The summed E-state index contributed by atoms with van der Waals surface area (Å²) in [5.74, 6) is 5.63. The van der Waals surface area contributed by atoms with E-state index in [9.17, 15) is 14.7 Å². The number of hydrogen-bond acceptors (Lipinski definition) is 3. The van der Waals surface area contributed by atoms with Crippen LogP contribution in [0.1, 0.15) is 24.5 Å². The van der Waals surface area contributed by atoms with Crippen LogP contribution in [0.2, 0.25) is 0 Å². The van der Waals surface area contributed by atoms with Crippen LogP contribution in [-0.4, -0.2) is 40.5 Å². The van der Waals surface area contributed by atoms with E-state index in [0.29, 0.717) is 5.69 Å². The number of nitrogens with one attached hydrogen (secondary N) is 1. The van der Waals surface area contributed by atoms with Crippen LogP contribution >= 0.6 is 0 Å². The number of β-amino-alcohol motifs (C(OH)–C–C–N with tert-alkyl or cyclic N) is 1. The molecule has 1 saturated heterocycles. The van der Waals surface area contributed by atoms with Crippen LogP contribution in [0.4, 0.5) is 5.69 Å². The number of carbonyl (C=O) groups excluding carboxylic acids is 2. The van der Waals surface area contributed by atoms with Crippen molar-refractivity contribution in [3.8, 4) is 11.8 Å². The summed E-state index contributed by atoms with van der Waals surface area (Å²) in [6, 6.07) is 16.2. The second kappa shape index (κ2) is 7.85. The van der Waals surface area contributed by atoms with Gasteiger partial charge in [-0.25, -0.2) is 0 Å². The number of nitrogens with zero attached hydrogens (tertiary/aromatic N) is 1. The Bertz CT molecular complexity index is 868. The molecule has 0 spiro atoms. The van der Waals surface area contributed by atoms with E-state index in [2.05, 4.69) is 17.2 Å². The number of likely N-dealkylation sites (tertiary alicyclic amines) is 1. The number of anilines is 1. The lowest BCUT2D eigenvalue weighted by molar-refractivity contribution is -0.134. The van der Waals surface area contributed by atoms with Gasteiger partial charge in [0.05, 0.1) is 6.10 Å². The highest BCUT2D eigenvalue weighted by Gasteiger charge is 2.37. The Morgan fingerprint density at radius 2 is 1.77 bits per heavy atom. The monoisotopic (exact) mass is 348 g/mol. The fraction of sp³-hybridized carbons (Fsp3) is 0.238. The fourth-order valence-electron chi connectivity index (χ4n) is 2.98. The maximum atomic E-state index is 12.5. The number of rotatable bonds is 2. The molecule has 0 aromatic heterocycles. The fourth-order valence-corrected chi connectivity index (χ4v) is 2.98. The quantitative estimate of drug-likeness (QED) is 0.816. The van der Waals surface area contributed by atoms with Gasteiger partial charge in [-0.15, -0.1) is 0 Å². The Morgan fingerprint density at radius 1 is 1.08 bits per heavy atom. The zero-order chi connectivity index (χ0) is 18.5. The Morgan fingerprint density at radius 3 is 2.50 bits per heavy atom. The first kappa shape index (κ1) is 17.7. The highest BCUT2D eigenvalue weighted by Crippen LogP contribution is 2.20. The first-order chi connectivity index (χ1) is 12.5. The van der Waals surface area contributed by atoms with Crippen LogP contribution in [0, 0.1) is 11.8 Å². The molecule has 2 aromatic carbocycles. The molecule has 5 nitrogen and oxygen atoms in total. The van der Waals surface area contributed by atoms with Crippen molar-refractivity contribution in [2.45, 2.75) is 25.5 Å². The number of hydrogen-bond donors (Lipinski definition) is 2. The van der Waals surface area contributed by atoms with Gasteiger partial charge >= 0.3 is 0 Å². The molecule has 2 amide bonds. The number of aliphatic hydroxyl groups excluding tert-OH is 1. The number of carbonyl (C=O) groups is 2. The zero-order valence-corrected chi connectivity index (χ0v) is 14.5. The van der Waals surface area contributed by atoms with E-state index in [4.69, 9.17) is 0 Å². The van der Waals surface area contributed by atoms with E-state index >= 15 is 0 Å². The van der Waals surface area contributed by atoms with Gasteiger partial charge in [0, 0.05) is 36.7 Å². The SMILES string of the molecule is CC(=O)N1C[C@H](O)C[C@@H]1C(=O)Nc1cccc(C#Cc2ccccc2)c1. The topological polar surface area (TPSA) is 69.6 Å². The maximum absolute atomic E-state index is 12.5. The van der Waals surface area contributed by atoms with Gasteiger partial charge in [-0.3, -0.25) is 9.59 Å². The predicted molar refractivity (Wildman–Crippen MR) is 99.3 cm³/mol. The molecule has 1 aliphatic heterocycles. The smallest absolute Gasteiger partial charge is 0.247 e. The minimum atomic E-state index is -0.669. The molecule has 132 valence electrons. The summed E-state index contributed by atoms with van der Waals surface area (Å²) in [5.41, 5.74) is 2.31. The first-order valence-corrected chi connectivity index (χ1v) is 8.46. The van der Waals surface area contributed by atoms with Gasteiger partial charge in [-0.05, 0) is 30.3 Å². The number of amides is 2. The highest BCUT2D eigenvalue weighted by molar-refractivity contribution is 5.97. The third-order valence-corrected chi connectivity index (χ3v) is 4.24. The van der Waals surface area contributed by atoms with Gasteiger partial charge in [0.15, 0.2) is 0 Å². The second-order valence-electron chi connectivity index (χ2n) is 6.26. The Balaban J connectivity index is 1.72. The molecule has 3 rings (SSSR count). The van der Waals surface area contributed by atoms with Gasteiger partial charge in [-0.2, -0.15) is 0 Å². The molecule has 0 saturated carbocycles. The zero-order valence-electron chi connectivity index (χ0n) is 14.5. The summed E-state index contributed by atoms with van der Waals surface area (Å²) in [7, 11) is 0. The van der Waals surface area contributed by atoms with Crippen molar-refractivity contribution in [2.24, 2.45) is 0 Å². The number of benzene rings is 2. The summed E-state index contributed by atoms with van der Waals surface area (Å²) < 4.78 is 0. The van der Waals surface area contributed by atoms with E-state index in [-0.39, 0.29) is 24.8 Å². The minimum Gasteiger partial charge on any atom is -0.391 e. The molecule has 2 aromatic rings. The second-order valence-corrected chi connectivity index (χ2v) is 6.26. The molecule has 0 aliphatic carbocycles. The molecule has 0 radical (unpaired) electrons. The molecule has 2 N–H and O–H groups in total. The summed E-state index contributed by atoms with van der Waals surface area (Å²) >= 11 is 0. The minimum absolute atomic E-state index is 0.190. The standard InChI is InChI=1S/C21H20N2O3/c1-15(24)23-14-19(25)13-20(23)21(26)22-18-9-5-8-17(12-18)11-10-16-6-3-2-4-7-16/h2-9,12,19-20,25H,13-14H2,1H3,(H,22,26)/t19-,20-/m1/s1. The van der Waals surface area contributed by atoms with Gasteiger partial charge in [0.1, 0.15) is 6.04 Å². The molecular formula is C21H20N2O3. The van der Waals surface area contributed by atoms with E-state index < -0.39 is 12.1 Å². The van der Waals surface area contributed by atoms with Gasteiger partial charge < -0.3 is 15.3 Å². The highest BCUT2D eigenvalue weighted by atomic mass is 16.3. The number of aliphatic hydroxyl groups is 1. The average Bonchev–Trinajstić information content (AvgIpc) is 3.04. The molecule has 2 atom stereocenters. The first-order valence-electron chi connectivity index (χ1n) is 8.46. The van der Waals surface area contributed by atoms with Gasteiger partial charge in [0.2, 0.25) is 11.8 Å². The Labute approximate surface area is 152 Å². The van der Waals surface area contributed by atoms with Crippen molar-refractivity contribution in [3.05, 3.63) is 65.7 Å². The van der Waals surface area contributed by atoms with E-state index in [1.54, 1.807) is 12.1 Å². The Hall–Kier alpha value is -3.10. The molecule has 1 heterocycles. The van der Waals surface area contributed by atoms with Crippen molar-refractivity contribution < 1.29 is 14.7 Å². The normalized spacial score (nSPS) is 18.8. The summed E-state index contributed by atoms with van der Waals surface area (Å²) in [6.45, 7) is 1.59. The van der Waals surface area contributed by atoms with E-state index in [1.165, 1.54) is 11.8 Å². The molecule has 26 heavy (non-hydrogen) atoms. The molecule has 0 unspecified atom stereocenters. The summed E-state index contributed by atoms with van der Waals surface area (Å²) in [5, 5.41) is 12.6. The average molecular weight is 348 g/mol. The van der Waals surface area contributed by atoms with E-state index in [0.717, 1.165) is 11.1 Å². The maximum Gasteiger partial charge on any atom is 0.247 e. The van der Waals surface area contributed by atoms with Crippen LogP contribution in [-0.2, 0) is 9.59 Å². The molecule has 1 fully saturated rings. The van der Waals surface area contributed by atoms with Gasteiger partial charge in [-0.1, -0.05) is 36.1 Å². The van der Waals surface area contributed by atoms with Crippen molar-refractivity contribution in [3.63, 3.8) is 0 Å². The molecule has 1 aliphatic rings. The van der Waals surface area contributed by atoms with E-state index in [1.807, 2.05) is 42.5 Å².